The first-order chi connectivity index (χ1) is 21.6. The molecule has 1 aromatic heterocycles. The summed E-state index contributed by atoms with van der Waals surface area (Å²) in [4.78, 5) is 25.8. The molecule has 0 aliphatic rings. The van der Waals surface area contributed by atoms with Crippen LogP contribution in [0.3, 0.4) is 0 Å². The number of carbonyl (C=O) groups is 2. The fraction of sp³-hybridized carbons (Fsp3) is 0.290. The van der Waals surface area contributed by atoms with Gasteiger partial charge in [-0.1, -0.05) is 0 Å². The molecule has 4 rings (SSSR count). The van der Waals surface area contributed by atoms with Crippen LogP contribution in [-0.2, 0) is 40.9 Å². The summed E-state index contributed by atoms with van der Waals surface area (Å²) in [6, 6.07) is 17.5. The van der Waals surface area contributed by atoms with E-state index in [0.29, 0.717) is 22.4 Å². The highest BCUT2D eigenvalue weighted by atomic mass is 32.2. The van der Waals surface area contributed by atoms with Crippen molar-refractivity contribution in [3.63, 3.8) is 0 Å². The molecule has 0 unspecified atom stereocenters. The van der Waals surface area contributed by atoms with Crippen molar-refractivity contribution >= 4 is 48.7 Å². The molecule has 0 amide bonds. The van der Waals surface area contributed by atoms with Crippen molar-refractivity contribution in [2.75, 3.05) is 32.6 Å². The number of methoxy groups -OCH3 is 3. The van der Waals surface area contributed by atoms with Crippen LogP contribution in [0.4, 0.5) is 10.5 Å². The third-order valence-corrected chi connectivity index (χ3v) is 9.85. The number of sulfonamides is 2. The SMILES string of the molecule is COC(=O)CN(Cc1cc2cc(NS(=O)(=O)c3ccc(OC)cc3)ccc2n1C(=O)OC(C)(C)C)S(=O)(=O)c1ccc(OC)cc1. The molecule has 3 aromatic carbocycles. The van der Waals surface area contributed by atoms with Gasteiger partial charge in [-0.25, -0.2) is 26.2 Å². The summed E-state index contributed by atoms with van der Waals surface area (Å²) in [6.45, 7) is 3.94. The molecule has 13 nitrogen and oxygen atoms in total. The molecule has 15 heteroatoms. The van der Waals surface area contributed by atoms with Crippen molar-refractivity contribution < 1.29 is 45.4 Å². The second-order valence-corrected chi connectivity index (χ2v) is 14.7. The van der Waals surface area contributed by atoms with Crippen LogP contribution in [0.1, 0.15) is 26.5 Å². The van der Waals surface area contributed by atoms with Crippen molar-refractivity contribution in [2.24, 2.45) is 0 Å². The van der Waals surface area contributed by atoms with Gasteiger partial charge in [-0.2, -0.15) is 4.31 Å². The summed E-state index contributed by atoms with van der Waals surface area (Å²) in [7, 11) is -4.25. The number of hydrogen-bond donors (Lipinski definition) is 1. The summed E-state index contributed by atoms with van der Waals surface area (Å²) >= 11 is 0. The predicted octanol–water partition coefficient (Wildman–Crippen LogP) is 4.61. The van der Waals surface area contributed by atoms with Gasteiger partial charge in [0, 0.05) is 16.8 Å². The van der Waals surface area contributed by atoms with Crippen LogP contribution >= 0.6 is 0 Å². The molecular formula is C31H35N3O10S2. The minimum absolute atomic E-state index is 0.00241. The topological polar surface area (TPSA) is 160 Å². The number of nitrogens with one attached hydrogen (secondary N) is 1. The highest BCUT2D eigenvalue weighted by Gasteiger charge is 2.31. The minimum Gasteiger partial charge on any atom is -0.497 e. The second-order valence-electron chi connectivity index (χ2n) is 11.0. The van der Waals surface area contributed by atoms with Gasteiger partial charge in [-0.05, 0) is 93.6 Å². The zero-order valence-electron chi connectivity index (χ0n) is 26.1. The van der Waals surface area contributed by atoms with E-state index in [9.17, 15) is 26.4 Å². The molecule has 4 aromatic rings. The number of esters is 1. The van der Waals surface area contributed by atoms with Gasteiger partial charge in [0.1, 0.15) is 23.6 Å². The highest BCUT2D eigenvalue weighted by molar-refractivity contribution is 7.92. The molecule has 0 saturated carbocycles. The third kappa shape index (κ3) is 7.78. The standard InChI is InChI=1S/C31H35N3O10S2/c1-31(2,3)44-30(36)34-23(19-33(20-29(35)43-6)46(39,40)27-14-10-25(42-5)11-15-27)18-21-17-22(7-16-28(21)34)32-45(37,38)26-12-8-24(41-4)9-13-26/h7-18,32H,19-20H2,1-6H3. The first-order valence-electron chi connectivity index (χ1n) is 13.8. The molecule has 0 fully saturated rings. The fourth-order valence-electron chi connectivity index (χ4n) is 4.46. The van der Waals surface area contributed by atoms with Crippen LogP contribution in [0.25, 0.3) is 10.9 Å². The Balaban J connectivity index is 1.79. The van der Waals surface area contributed by atoms with Crippen LogP contribution in [0, 0.1) is 0 Å². The number of anilines is 1. The van der Waals surface area contributed by atoms with Crippen molar-refractivity contribution in [1.82, 2.24) is 8.87 Å². The first-order valence-corrected chi connectivity index (χ1v) is 16.8. The van der Waals surface area contributed by atoms with Gasteiger partial charge < -0.3 is 18.9 Å². The van der Waals surface area contributed by atoms with E-state index in [1.54, 1.807) is 20.8 Å². The Morgan fingerprint density at radius 3 is 1.89 bits per heavy atom. The molecule has 246 valence electrons. The Morgan fingerprint density at radius 1 is 0.804 bits per heavy atom. The van der Waals surface area contributed by atoms with Gasteiger partial charge in [0.25, 0.3) is 10.0 Å². The summed E-state index contributed by atoms with van der Waals surface area (Å²) in [5, 5.41) is 0.399. The van der Waals surface area contributed by atoms with Crippen molar-refractivity contribution in [3.05, 3.63) is 78.5 Å². The Kier molecular flexibility index (Phi) is 9.99. The molecule has 0 saturated heterocycles. The van der Waals surface area contributed by atoms with E-state index >= 15 is 0 Å². The zero-order chi connectivity index (χ0) is 33.9. The highest BCUT2D eigenvalue weighted by Crippen LogP contribution is 2.29. The Bertz CT molecular complexity index is 1950. The normalized spacial score (nSPS) is 12.2. The van der Waals surface area contributed by atoms with Crippen molar-refractivity contribution in [3.8, 4) is 11.5 Å². The van der Waals surface area contributed by atoms with Gasteiger partial charge in [0.2, 0.25) is 10.0 Å². The van der Waals surface area contributed by atoms with Gasteiger partial charge in [-0.15, -0.1) is 0 Å². The monoisotopic (exact) mass is 673 g/mol. The van der Waals surface area contributed by atoms with Gasteiger partial charge in [-0.3, -0.25) is 9.52 Å². The summed E-state index contributed by atoms with van der Waals surface area (Å²) in [5.74, 6) is 0.0980. The van der Waals surface area contributed by atoms with E-state index in [1.165, 1.54) is 91.6 Å². The van der Waals surface area contributed by atoms with Crippen LogP contribution < -0.4 is 14.2 Å². The van der Waals surface area contributed by atoms with Crippen molar-refractivity contribution in [2.45, 2.75) is 42.7 Å². The lowest BCUT2D eigenvalue weighted by Crippen LogP contribution is -2.37. The van der Waals surface area contributed by atoms with Crippen molar-refractivity contribution in [1.29, 1.82) is 0 Å². The maximum atomic E-state index is 13.8. The van der Waals surface area contributed by atoms with E-state index in [0.717, 1.165) is 11.4 Å². The third-order valence-electron chi connectivity index (χ3n) is 6.64. The molecule has 1 N–H and O–H groups in total. The van der Waals surface area contributed by atoms with E-state index in [2.05, 4.69) is 4.72 Å². The molecule has 0 bridgehead atoms. The average molecular weight is 674 g/mol. The number of carbonyl (C=O) groups excluding carboxylic acids is 2. The van der Waals surface area contributed by atoms with Gasteiger partial charge in [0.05, 0.1) is 43.2 Å². The smallest absolute Gasteiger partial charge is 0.419 e. The van der Waals surface area contributed by atoms with Crippen LogP contribution in [0.15, 0.2) is 82.6 Å². The fourth-order valence-corrected chi connectivity index (χ4v) is 6.86. The lowest BCUT2D eigenvalue weighted by atomic mass is 10.2. The Labute approximate surface area is 267 Å². The lowest BCUT2D eigenvalue weighted by Gasteiger charge is -2.24. The lowest BCUT2D eigenvalue weighted by molar-refractivity contribution is -0.140. The molecule has 46 heavy (non-hydrogen) atoms. The minimum atomic E-state index is -4.30. The second kappa shape index (κ2) is 13.4. The molecule has 1 heterocycles. The van der Waals surface area contributed by atoms with E-state index in [1.807, 2.05) is 0 Å². The number of ether oxygens (including phenoxy) is 4. The average Bonchev–Trinajstić information content (AvgIpc) is 3.36. The molecular weight excluding hydrogens is 638 g/mol. The Hall–Kier alpha value is -4.60. The largest absolute Gasteiger partial charge is 0.497 e. The quantitative estimate of drug-likeness (QED) is 0.223. The number of hydrogen-bond acceptors (Lipinski definition) is 10. The first kappa shape index (κ1) is 34.3. The number of nitrogens with zero attached hydrogens (tertiary/aromatic N) is 2. The summed E-state index contributed by atoms with van der Waals surface area (Å²) in [6.07, 6.45) is -0.802. The van der Waals surface area contributed by atoms with Crippen LogP contribution in [0.5, 0.6) is 11.5 Å². The summed E-state index contributed by atoms with van der Waals surface area (Å²) in [5.41, 5.74) is -0.245. The molecule has 0 atom stereocenters. The Morgan fingerprint density at radius 2 is 1.37 bits per heavy atom. The van der Waals surface area contributed by atoms with E-state index in [4.69, 9.17) is 18.9 Å². The number of fused-ring (bicyclic) bond motifs is 1. The number of aromatic nitrogens is 1. The molecule has 0 radical (unpaired) electrons. The molecule has 0 aliphatic carbocycles. The van der Waals surface area contributed by atoms with Gasteiger partial charge >= 0.3 is 12.1 Å². The van der Waals surface area contributed by atoms with Gasteiger partial charge in [0.15, 0.2) is 0 Å². The molecule has 0 spiro atoms. The van der Waals surface area contributed by atoms with Crippen LogP contribution in [0.2, 0.25) is 0 Å². The summed E-state index contributed by atoms with van der Waals surface area (Å²) < 4.78 is 78.9. The number of rotatable bonds is 11. The van der Waals surface area contributed by atoms with E-state index < -0.39 is 50.8 Å². The van der Waals surface area contributed by atoms with Crippen LogP contribution in [-0.4, -0.2) is 71.2 Å². The zero-order valence-corrected chi connectivity index (χ0v) is 27.8. The molecule has 0 aliphatic heterocycles. The maximum absolute atomic E-state index is 13.8. The maximum Gasteiger partial charge on any atom is 0.419 e. The van der Waals surface area contributed by atoms with E-state index in [-0.39, 0.29) is 21.2 Å². The number of benzene rings is 3. The predicted molar refractivity (Wildman–Crippen MR) is 170 cm³/mol.